The molecule has 0 bridgehead atoms. The summed E-state index contributed by atoms with van der Waals surface area (Å²) in [6.45, 7) is 8.25. The van der Waals surface area contributed by atoms with Crippen LogP contribution in [-0.2, 0) is 18.8 Å². The summed E-state index contributed by atoms with van der Waals surface area (Å²) in [5.74, 6) is 0.396. The molecule has 1 saturated heterocycles. The normalized spacial score (nSPS) is 18.3. The molecule has 2 heterocycles. The van der Waals surface area contributed by atoms with E-state index in [2.05, 4.69) is 23.2 Å². The highest BCUT2D eigenvalue weighted by Gasteiger charge is 2.29. The second-order valence-electron chi connectivity index (χ2n) is 6.43. The largest absolute Gasteiger partial charge is 0.465 e. The van der Waals surface area contributed by atoms with Crippen molar-refractivity contribution >= 4 is 20.3 Å². The van der Waals surface area contributed by atoms with Gasteiger partial charge in [-0.3, -0.25) is 9.36 Å². The lowest BCUT2D eigenvalue weighted by Gasteiger charge is -2.21. The van der Waals surface area contributed by atoms with Crippen LogP contribution in [0.5, 0.6) is 5.75 Å². The fraction of sp³-hybridized carbons (Fsp3) is 0.381. The van der Waals surface area contributed by atoms with Gasteiger partial charge in [0, 0.05) is 6.20 Å². The lowest BCUT2D eigenvalue weighted by atomic mass is 10.2. The molecule has 3 N–H and O–H groups in total. The maximum atomic E-state index is 12.0. The number of rotatable bonds is 10. The van der Waals surface area contributed by atoms with Crippen molar-refractivity contribution in [3.05, 3.63) is 66.2 Å². The van der Waals surface area contributed by atoms with E-state index in [9.17, 15) is 9.59 Å². The maximum Gasteiger partial charge on any atom is 0.351 e. The quantitative estimate of drug-likeness (QED) is 0.310. The monoisotopic (exact) mass is 464 g/mol. The molecule has 1 aromatic heterocycles. The maximum absolute atomic E-state index is 12.0. The second kappa shape index (κ2) is 13.6. The van der Waals surface area contributed by atoms with E-state index < -0.39 is 26.4 Å². The second-order valence-corrected chi connectivity index (χ2v) is 7.70. The molecule has 2 aromatic rings. The summed E-state index contributed by atoms with van der Waals surface area (Å²) < 4.78 is 24.0. The number of para-hydroxylation sites is 1. The zero-order valence-electron chi connectivity index (χ0n) is 18.0. The van der Waals surface area contributed by atoms with Gasteiger partial charge < -0.3 is 24.3 Å². The molecule has 3 rings (SSSR count). The van der Waals surface area contributed by atoms with Gasteiger partial charge in [-0.05, 0) is 38.0 Å². The number of nitrogens with one attached hydrogen (secondary N) is 1. The standard InChI is InChI=1S/C19H25N4O6P.C2H4/c1-2-26-18(24)12-21-30(29-14-6-4-3-5-7-14)27-13-15-8-9-17(28-15)23-11-10-16(20)22-19(23)25;1-2/h3-7,10-11,15,17,21H,2,8-9,12-13H2,1H3,(H2,20,22,25);1-2H2. The molecule has 11 heteroatoms. The van der Waals surface area contributed by atoms with E-state index in [4.69, 9.17) is 24.3 Å². The van der Waals surface area contributed by atoms with Crippen LogP contribution in [0.25, 0.3) is 0 Å². The number of nitrogens with two attached hydrogens (primary N) is 1. The molecule has 0 aliphatic carbocycles. The Bertz CT molecular complexity index is 897. The highest BCUT2D eigenvalue weighted by Crippen LogP contribution is 2.37. The van der Waals surface area contributed by atoms with Crippen molar-refractivity contribution < 1.29 is 23.3 Å². The first-order valence-electron chi connectivity index (χ1n) is 10.1. The molecule has 1 aromatic carbocycles. The van der Waals surface area contributed by atoms with Crippen molar-refractivity contribution in [3.8, 4) is 5.75 Å². The van der Waals surface area contributed by atoms with Gasteiger partial charge >= 0.3 is 20.2 Å². The van der Waals surface area contributed by atoms with Gasteiger partial charge in [0.05, 0.1) is 19.3 Å². The Labute approximate surface area is 188 Å². The first kappa shape index (κ1) is 25.5. The molecule has 10 nitrogen and oxygen atoms in total. The summed E-state index contributed by atoms with van der Waals surface area (Å²) in [5.41, 5.74) is 5.08. The van der Waals surface area contributed by atoms with Crippen LogP contribution >= 0.6 is 8.53 Å². The van der Waals surface area contributed by atoms with Crippen LogP contribution < -0.4 is 21.0 Å². The highest BCUT2D eigenvalue weighted by molar-refractivity contribution is 7.45. The number of carbonyl (C=O) groups excluding carboxylic acids is 1. The highest BCUT2D eigenvalue weighted by atomic mass is 31.2. The van der Waals surface area contributed by atoms with Gasteiger partial charge in [0.2, 0.25) is 0 Å². The Morgan fingerprint density at radius 2 is 2.06 bits per heavy atom. The minimum Gasteiger partial charge on any atom is -0.465 e. The Kier molecular flexibility index (Phi) is 10.8. The number of carbonyl (C=O) groups is 1. The minimum atomic E-state index is -1.60. The first-order chi connectivity index (χ1) is 15.5. The number of nitrogens with zero attached hydrogens (tertiary/aromatic N) is 2. The predicted molar refractivity (Wildman–Crippen MR) is 122 cm³/mol. The van der Waals surface area contributed by atoms with E-state index in [1.807, 2.05) is 18.2 Å². The molecule has 0 amide bonds. The smallest absolute Gasteiger partial charge is 0.351 e. The number of benzene rings is 1. The Morgan fingerprint density at radius 1 is 1.31 bits per heavy atom. The summed E-state index contributed by atoms with van der Waals surface area (Å²) in [5, 5.41) is 2.95. The molecule has 32 heavy (non-hydrogen) atoms. The molecule has 1 aliphatic heterocycles. The molecule has 0 spiro atoms. The van der Waals surface area contributed by atoms with Gasteiger partial charge in [0.15, 0.2) is 0 Å². The Balaban J connectivity index is 0.00000176. The molecule has 3 unspecified atom stereocenters. The van der Waals surface area contributed by atoms with Crippen molar-refractivity contribution in [1.82, 2.24) is 14.6 Å². The summed E-state index contributed by atoms with van der Waals surface area (Å²) in [6.07, 6.45) is 2.27. The molecule has 1 aliphatic rings. The number of anilines is 1. The average Bonchev–Trinajstić information content (AvgIpc) is 3.26. The van der Waals surface area contributed by atoms with Crippen molar-refractivity contribution in [1.29, 1.82) is 0 Å². The predicted octanol–water partition coefficient (Wildman–Crippen LogP) is 2.78. The van der Waals surface area contributed by atoms with Crippen LogP contribution in [0.3, 0.4) is 0 Å². The zero-order chi connectivity index (χ0) is 23.3. The van der Waals surface area contributed by atoms with Gasteiger partial charge in [-0.15, -0.1) is 13.2 Å². The van der Waals surface area contributed by atoms with E-state index in [-0.39, 0.29) is 25.1 Å². The van der Waals surface area contributed by atoms with Gasteiger partial charge in [-0.1, -0.05) is 18.2 Å². The topological polar surface area (TPSA) is 127 Å². The van der Waals surface area contributed by atoms with E-state index in [1.165, 1.54) is 4.57 Å². The fourth-order valence-electron chi connectivity index (χ4n) is 2.83. The molecule has 0 saturated carbocycles. The van der Waals surface area contributed by atoms with Gasteiger partial charge in [0.1, 0.15) is 24.3 Å². The van der Waals surface area contributed by atoms with Crippen LogP contribution in [0.2, 0.25) is 0 Å². The average molecular weight is 464 g/mol. The minimum absolute atomic E-state index is 0.0347. The summed E-state index contributed by atoms with van der Waals surface area (Å²) in [6, 6.07) is 10.7. The zero-order valence-corrected chi connectivity index (χ0v) is 18.9. The SMILES string of the molecule is C=C.CCOC(=O)CNP(OCC1CCC(n2ccc(N)nc2=O)O1)Oc1ccccc1. The Morgan fingerprint density at radius 3 is 2.75 bits per heavy atom. The molecular weight excluding hydrogens is 435 g/mol. The third kappa shape index (κ3) is 8.05. The number of hydrogen-bond donors (Lipinski definition) is 2. The fourth-order valence-corrected chi connectivity index (χ4v) is 3.91. The molecule has 1 fully saturated rings. The van der Waals surface area contributed by atoms with Gasteiger partial charge in [-0.25, -0.2) is 9.88 Å². The summed E-state index contributed by atoms with van der Waals surface area (Å²) in [4.78, 5) is 27.4. The molecule has 174 valence electrons. The van der Waals surface area contributed by atoms with Crippen LogP contribution in [0.4, 0.5) is 5.82 Å². The number of aromatic nitrogens is 2. The van der Waals surface area contributed by atoms with Crippen molar-refractivity contribution in [2.24, 2.45) is 0 Å². The van der Waals surface area contributed by atoms with E-state index in [0.29, 0.717) is 25.2 Å². The third-order valence-electron chi connectivity index (χ3n) is 4.21. The van der Waals surface area contributed by atoms with Crippen LogP contribution in [0.1, 0.15) is 26.0 Å². The lowest BCUT2D eigenvalue weighted by Crippen LogP contribution is -2.28. The van der Waals surface area contributed by atoms with E-state index in [1.54, 1.807) is 31.3 Å². The third-order valence-corrected chi connectivity index (χ3v) is 5.39. The van der Waals surface area contributed by atoms with Crippen LogP contribution in [0.15, 0.2) is 60.5 Å². The molecular formula is C21H29N4O6P. The Hall–Kier alpha value is -2.78. The number of hydrogen-bond acceptors (Lipinski definition) is 9. The van der Waals surface area contributed by atoms with E-state index >= 15 is 0 Å². The number of esters is 1. The van der Waals surface area contributed by atoms with Crippen molar-refractivity contribution in [2.75, 3.05) is 25.5 Å². The van der Waals surface area contributed by atoms with Crippen LogP contribution in [0, 0.1) is 0 Å². The number of nitrogen functional groups attached to an aromatic ring is 1. The van der Waals surface area contributed by atoms with Gasteiger partial charge in [-0.2, -0.15) is 4.98 Å². The molecule has 0 radical (unpaired) electrons. The van der Waals surface area contributed by atoms with Crippen molar-refractivity contribution in [3.63, 3.8) is 0 Å². The van der Waals surface area contributed by atoms with Crippen LogP contribution in [-0.4, -0.2) is 41.4 Å². The molecule has 3 atom stereocenters. The lowest BCUT2D eigenvalue weighted by molar-refractivity contribution is -0.141. The summed E-state index contributed by atoms with van der Waals surface area (Å²) in [7, 11) is -1.60. The van der Waals surface area contributed by atoms with E-state index in [0.717, 1.165) is 0 Å². The summed E-state index contributed by atoms with van der Waals surface area (Å²) >= 11 is 0. The number of ether oxygens (including phenoxy) is 2. The van der Waals surface area contributed by atoms with Crippen molar-refractivity contribution in [2.45, 2.75) is 32.1 Å². The first-order valence-corrected chi connectivity index (χ1v) is 11.3. The van der Waals surface area contributed by atoms with Gasteiger partial charge in [0.25, 0.3) is 0 Å².